The van der Waals surface area contributed by atoms with E-state index in [0.717, 1.165) is 4.31 Å². The summed E-state index contributed by atoms with van der Waals surface area (Å²) >= 11 is 0. The van der Waals surface area contributed by atoms with Crippen LogP contribution in [0.25, 0.3) is 0 Å². The smallest absolute Gasteiger partial charge is 0.312 e. The normalized spacial score (nSPS) is 16.8. The maximum absolute atomic E-state index is 13.0. The molecule has 8 nitrogen and oxygen atoms in total. The van der Waals surface area contributed by atoms with Gasteiger partial charge in [0, 0.05) is 32.4 Å². The van der Waals surface area contributed by atoms with Gasteiger partial charge in [0.2, 0.25) is 5.09 Å². The largest absolute Gasteiger partial charge is 0.481 e. The van der Waals surface area contributed by atoms with Crippen LogP contribution >= 0.6 is 0 Å². The Labute approximate surface area is 150 Å². The predicted molar refractivity (Wildman–Crippen MR) is 92.8 cm³/mol. The van der Waals surface area contributed by atoms with Gasteiger partial charge in [-0.3, -0.25) is 9.59 Å². The highest BCUT2D eigenvalue weighted by atomic mass is 32.2. The van der Waals surface area contributed by atoms with Crippen LogP contribution < -0.4 is 4.90 Å². The van der Waals surface area contributed by atoms with E-state index in [-0.39, 0.29) is 23.0 Å². The van der Waals surface area contributed by atoms with Gasteiger partial charge >= 0.3 is 5.97 Å². The molecular formula is C17H18N2O6S. The van der Waals surface area contributed by atoms with Gasteiger partial charge in [0.05, 0.1) is 5.56 Å². The van der Waals surface area contributed by atoms with Crippen LogP contribution in [0, 0.1) is 6.92 Å². The number of amides is 1. The molecule has 2 aromatic rings. The number of aliphatic carboxylic acids is 1. The van der Waals surface area contributed by atoms with Gasteiger partial charge in [0.15, 0.2) is 0 Å². The van der Waals surface area contributed by atoms with E-state index in [2.05, 4.69) is 0 Å². The van der Waals surface area contributed by atoms with Gasteiger partial charge in [-0.25, -0.2) is 12.7 Å². The van der Waals surface area contributed by atoms with Gasteiger partial charge in [0.1, 0.15) is 11.7 Å². The van der Waals surface area contributed by atoms with Crippen LogP contribution in [0.15, 0.2) is 39.8 Å². The second-order valence-corrected chi connectivity index (χ2v) is 8.27. The van der Waals surface area contributed by atoms with E-state index in [1.165, 1.54) is 32.0 Å². The molecule has 0 fully saturated rings. The number of benzene rings is 1. The minimum atomic E-state index is -3.82. The lowest BCUT2D eigenvalue weighted by Crippen LogP contribution is -2.31. The Balaban J connectivity index is 2.02. The van der Waals surface area contributed by atoms with Crippen molar-refractivity contribution in [1.82, 2.24) is 4.31 Å². The minimum Gasteiger partial charge on any atom is -0.481 e. The number of hydrogen-bond donors (Lipinski definition) is 1. The summed E-state index contributed by atoms with van der Waals surface area (Å²) in [4.78, 5) is 25.8. The van der Waals surface area contributed by atoms with Gasteiger partial charge in [-0.15, -0.1) is 0 Å². The molecule has 0 spiro atoms. The third-order valence-electron chi connectivity index (χ3n) is 4.37. The summed E-state index contributed by atoms with van der Waals surface area (Å²) in [6.45, 7) is 1.48. The number of carbonyl (C=O) groups excluding carboxylic acids is 1. The monoisotopic (exact) mass is 378 g/mol. The first-order valence-corrected chi connectivity index (χ1v) is 9.25. The van der Waals surface area contributed by atoms with Crippen molar-refractivity contribution in [1.29, 1.82) is 0 Å². The highest BCUT2D eigenvalue weighted by Gasteiger charge is 2.38. The average molecular weight is 378 g/mol. The second kappa shape index (κ2) is 6.26. The molecule has 1 unspecified atom stereocenters. The highest BCUT2D eigenvalue weighted by Crippen LogP contribution is 2.37. The summed E-state index contributed by atoms with van der Waals surface area (Å²) in [5.41, 5.74) is 1.14. The van der Waals surface area contributed by atoms with Crippen molar-refractivity contribution in [3.8, 4) is 0 Å². The molecule has 1 aromatic heterocycles. The number of sulfonamides is 1. The van der Waals surface area contributed by atoms with E-state index in [9.17, 15) is 23.1 Å². The molecule has 26 heavy (non-hydrogen) atoms. The van der Waals surface area contributed by atoms with Crippen LogP contribution in [0.1, 0.15) is 27.6 Å². The number of carboxylic acid groups (broad SMARTS) is 1. The number of furan rings is 1. The van der Waals surface area contributed by atoms with E-state index >= 15 is 0 Å². The third-order valence-corrected chi connectivity index (χ3v) is 6.04. The fourth-order valence-electron chi connectivity index (χ4n) is 2.93. The topological polar surface area (TPSA) is 108 Å². The first-order valence-electron chi connectivity index (χ1n) is 7.81. The Bertz CT molecular complexity index is 992. The standard InChI is InChI=1S/C17H18N2O6S/c1-10-12(8-15(25-10)26(23,24)18(2)3)16(20)19-9-13(17(21)22)11-6-4-5-7-14(11)19/h4-8,13H,9H2,1-3H3,(H,21,22). The number of aryl methyl sites for hydroxylation is 1. The molecule has 0 saturated heterocycles. The maximum Gasteiger partial charge on any atom is 0.312 e. The number of nitrogens with zero attached hydrogens (tertiary/aromatic N) is 2. The molecule has 9 heteroatoms. The van der Waals surface area contributed by atoms with Crippen LogP contribution in [0.2, 0.25) is 0 Å². The van der Waals surface area contributed by atoms with Crippen LogP contribution in [0.4, 0.5) is 5.69 Å². The quantitative estimate of drug-likeness (QED) is 0.867. The number of para-hydroxylation sites is 1. The molecule has 1 atom stereocenters. The minimum absolute atomic E-state index is 0.0199. The van der Waals surface area contributed by atoms with Gasteiger partial charge in [-0.2, -0.15) is 0 Å². The van der Waals surface area contributed by atoms with E-state index in [0.29, 0.717) is 11.3 Å². The van der Waals surface area contributed by atoms with Crippen molar-refractivity contribution >= 4 is 27.6 Å². The Morgan fingerprint density at radius 3 is 2.54 bits per heavy atom. The van der Waals surface area contributed by atoms with E-state index in [1.54, 1.807) is 24.3 Å². The average Bonchev–Trinajstić information content (AvgIpc) is 3.15. The summed E-state index contributed by atoms with van der Waals surface area (Å²) in [6, 6.07) is 7.96. The lowest BCUT2D eigenvalue weighted by atomic mass is 10.0. The first-order chi connectivity index (χ1) is 12.1. The Morgan fingerprint density at radius 1 is 1.27 bits per heavy atom. The Kier molecular flexibility index (Phi) is 4.37. The SMILES string of the molecule is Cc1oc(S(=O)(=O)N(C)C)cc1C(=O)N1CC(C(=O)O)c2ccccc21. The summed E-state index contributed by atoms with van der Waals surface area (Å²) in [6.07, 6.45) is 0. The molecule has 138 valence electrons. The fraction of sp³-hybridized carbons (Fsp3) is 0.294. The summed E-state index contributed by atoms with van der Waals surface area (Å²) in [5.74, 6) is -2.19. The predicted octanol–water partition coefficient (Wildman–Crippen LogP) is 1.67. The number of anilines is 1. The summed E-state index contributed by atoms with van der Waals surface area (Å²) in [7, 11) is -1.09. The fourth-order valence-corrected chi connectivity index (χ4v) is 3.79. The van der Waals surface area contributed by atoms with Gasteiger partial charge in [-0.1, -0.05) is 18.2 Å². The van der Waals surface area contributed by atoms with Crippen molar-refractivity contribution in [2.45, 2.75) is 17.9 Å². The van der Waals surface area contributed by atoms with Crippen molar-refractivity contribution in [3.05, 3.63) is 47.2 Å². The summed E-state index contributed by atoms with van der Waals surface area (Å²) in [5, 5.41) is 9.09. The molecule has 1 aromatic carbocycles. The molecule has 0 radical (unpaired) electrons. The van der Waals surface area contributed by atoms with Gasteiger partial charge < -0.3 is 14.4 Å². The van der Waals surface area contributed by atoms with Crippen LogP contribution in [-0.4, -0.2) is 50.3 Å². The lowest BCUT2D eigenvalue weighted by Gasteiger charge is -2.16. The summed E-state index contributed by atoms with van der Waals surface area (Å²) < 4.78 is 30.7. The Morgan fingerprint density at radius 2 is 1.92 bits per heavy atom. The molecule has 1 N–H and O–H groups in total. The number of fused-ring (bicyclic) bond motifs is 1. The zero-order valence-electron chi connectivity index (χ0n) is 14.5. The number of carboxylic acids is 1. The number of hydrogen-bond acceptors (Lipinski definition) is 5. The lowest BCUT2D eigenvalue weighted by molar-refractivity contribution is -0.138. The van der Waals surface area contributed by atoms with Crippen molar-refractivity contribution < 1.29 is 27.5 Å². The molecule has 1 aliphatic rings. The van der Waals surface area contributed by atoms with Crippen LogP contribution in [0.3, 0.4) is 0 Å². The molecule has 0 bridgehead atoms. The van der Waals surface area contributed by atoms with Crippen molar-refractivity contribution in [2.24, 2.45) is 0 Å². The molecule has 2 heterocycles. The second-order valence-electron chi connectivity index (χ2n) is 6.19. The van der Waals surface area contributed by atoms with Crippen molar-refractivity contribution in [3.63, 3.8) is 0 Å². The molecule has 1 amide bonds. The van der Waals surface area contributed by atoms with Gasteiger partial charge in [-0.05, 0) is 18.6 Å². The van der Waals surface area contributed by atoms with E-state index < -0.39 is 27.8 Å². The Hall–Kier alpha value is -2.65. The van der Waals surface area contributed by atoms with E-state index in [4.69, 9.17) is 4.42 Å². The molecule has 3 rings (SSSR count). The molecule has 0 saturated carbocycles. The zero-order chi connectivity index (χ0) is 19.2. The van der Waals surface area contributed by atoms with E-state index in [1.807, 2.05) is 0 Å². The van der Waals surface area contributed by atoms with Crippen LogP contribution in [0.5, 0.6) is 0 Å². The van der Waals surface area contributed by atoms with Gasteiger partial charge in [0.25, 0.3) is 15.9 Å². The highest BCUT2D eigenvalue weighted by molar-refractivity contribution is 7.88. The first kappa shape index (κ1) is 18.2. The van der Waals surface area contributed by atoms with Crippen molar-refractivity contribution in [2.75, 3.05) is 25.5 Å². The third kappa shape index (κ3) is 2.78. The number of carbonyl (C=O) groups is 2. The number of rotatable bonds is 4. The molecular weight excluding hydrogens is 360 g/mol. The van der Waals surface area contributed by atoms with Crippen LogP contribution in [-0.2, 0) is 14.8 Å². The maximum atomic E-state index is 13.0. The zero-order valence-corrected chi connectivity index (χ0v) is 15.3. The molecule has 1 aliphatic heterocycles. The molecule has 0 aliphatic carbocycles.